The minimum Gasteiger partial charge on any atom is -0.449 e. The van der Waals surface area contributed by atoms with Gasteiger partial charge in [-0.1, -0.05) is 26.2 Å². The number of rotatable bonds is 6. The first-order chi connectivity index (χ1) is 7.33. The van der Waals surface area contributed by atoms with Gasteiger partial charge in [-0.2, -0.15) is 0 Å². The highest BCUT2D eigenvalue weighted by Gasteiger charge is 2.02. The van der Waals surface area contributed by atoms with E-state index in [9.17, 15) is 4.79 Å². The number of hydrogen-bond acceptors (Lipinski definition) is 3. The van der Waals surface area contributed by atoms with Crippen molar-refractivity contribution >= 4 is 22.4 Å². The Kier molecular flexibility index (Phi) is 5.85. The van der Waals surface area contributed by atoms with Gasteiger partial charge >= 0.3 is 6.09 Å². The molecule has 1 heterocycles. The molecule has 0 aliphatic heterocycles. The maximum atomic E-state index is 11.2. The molecule has 0 saturated heterocycles. The number of thiophene rings is 1. The molecule has 4 heteroatoms. The fourth-order valence-electron chi connectivity index (χ4n) is 1.18. The Hall–Kier alpha value is -1.03. The zero-order chi connectivity index (χ0) is 10.9. The molecule has 3 nitrogen and oxygen atoms in total. The number of nitrogens with one attached hydrogen (secondary N) is 1. The smallest absolute Gasteiger partial charge is 0.412 e. The van der Waals surface area contributed by atoms with Gasteiger partial charge in [0.05, 0.1) is 11.6 Å². The molecule has 0 aliphatic rings. The topological polar surface area (TPSA) is 38.3 Å². The summed E-state index contributed by atoms with van der Waals surface area (Å²) < 4.78 is 5.02. The van der Waals surface area contributed by atoms with Gasteiger partial charge in [-0.15, -0.1) is 11.3 Å². The maximum absolute atomic E-state index is 11.2. The van der Waals surface area contributed by atoms with Crippen molar-refractivity contribution in [2.75, 3.05) is 11.9 Å². The highest BCUT2D eigenvalue weighted by atomic mass is 32.1. The number of carbonyl (C=O) groups excluding carboxylic acids is 1. The first-order valence-corrected chi connectivity index (χ1v) is 6.18. The Balaban J connectivity index is 2.04. The molecular formula is C11H17NO2S. The van der Waals surface area contributed by atoms with Gasteiger partial charge < -0.3 is 4.74 Å². The monoisotopic (exact) mass is 227 g/mol. The molecule has 1 amide bonds. The second-order valence-corrected chi connectivity index (χ2v) is 4.25. The molecule has 15 heavy (non-hydrogen) atoms. The zero-order valence-electron chi connectivity index (χ0n) is 8.99. The Bertz CT molecular complexity index is 272. The number of carbonyl (C=O) groups is 1. The molecule has 0 saturated carbocycles. The lowest BCUT2D eigenvalue weighted by atomic mass is 10.2. The van der Waals surface area contributed by atoms with Gasteiger partial charge in [-0.3, -0.25) is 5.32 Å². The lowest BCUT2D eigenvalue weighted by Gasteiger charge is -2.04. The van der Waals surface area contributed by atoms with E-state index in [4.69, 9.17) is 4.74 Å². The van der Waals surface area contributed by atoms with E-state index in [1.807, 2.05) is 17.5 Å². The van der Waals surface area contributed by atoms with Crippen LogP contribution in [0.4, 0.5) is 9.80 Å². The molecule has 0 radical (unpaired) electrons. The van der Waals surface area contributed by atoms with Crippen LogP contribution in [0.5, 0.6) is 0 Å². The van der Waals surface area contributed by atoms with E-state index in [1.165, 1.54) is 24.2 Å². The quantitative estimate of drug-likeness (QED) is 0.749. The predicted octanol–water partition coefficient (Wildman–Crippen LogP) is 3.88. The van der Waals surface area contributed by atoms with Crippen molar-refractivity contribution in [1.82, 2.24) is 0 Å². The Morgan fingerprint density at radius 3 is 3.00 bits per heavy atom. The van der Waals surface area contributed by atoms with Crippen LogP contribution in [0.15, 0.2) is 17.5 Å². The minimum atomic E-state index is -0.353. The molecule has 0 atom stereocenters. The van der Waals surface area contributed by atoms with E-state index >= 15 is 0 Å². The number of ether oxygens (including phenoxy) is 1. The van der Waals surface area contributed by atoms with E-state index in [2.05, 4.69) is 12.2 Å². The number of amides is 1. The molecular weight excluding hydrogens is 210 g/mol. The van der Waals surface area contributed by atoms with Gasteiger partial charge in [0.25, 0.3) is 0 Å². The van der Waals surface area contributed by atoms with Crippen molar-refractivity contribution in [2.24, 2.45) is 0 Å². The fraction of sp³-hybridized carbons (Fsp3) is 0.545. The molecule has 1 rings (SSSR count). The van der Waals surface area contributed by atoms with Crippen LogP contribution in [0.2, 0.25) is 0 Å². The van der Waals surface area contributed by atoms with Gasteiger partial charge in [0.15, 0.2) is 0 Å². The SMILES string of the molecule is CCCCCCOC(=O)Nc1cccs1. The Labute approximate surface area is 94.5 Å². The summed E-state index contributed by atoms with van der Waals surface area (Å²) in [4.78, 5) is 11.2. The van der Waals surface area contributed by atoms with Gasteiger partial charge in [-0.05, 0) is 23.9 Å². The van der Waals surface area contributed by atoms with Crippen molar-refractivity contribution in [3.05, 3.63) is 17.5 Å². The van der Waals surface area contributed by atoms with Crippen LogP contribution in [0, 0.1) is 0 Å². The van der Waals surface area contributed by atoms with Crippen LogP contribution in [0.25, 0.3) is 0 Å². The van der Waals surface area contributed by atoms with Crippen LogP contribution in [0.3, 0.4) is 0 Å². The van der Waals surface area contributed by atoms with Crippen LogP contribution in [0.1, 0.15) is 32.6 Å². The van der Waals surface area contributed by atoms with Crippen LogP contribution < -0.4 is 5.32 Å². The van der Waals surface area contributed by atoms with E-state index in [-0.39, 0.29) is 6.09 Å². The first-order valence-electron chi connectivity index (χ1n) is 5.30. The normalized spacial score (nSPS) is 9.93. The van der Waals surface area contributed by atoms with Crippen molar-refractivity contribution in [3.63, 3.8) is 0 Å². The number of unbranched alkanes of at least 4 members (excludes halogenated alkanes) is 3. The summed E-state index contributed by atoms with van der Waals surface area (Å²) in [5, 5.41) is 5.41. The molecule has 1 N–H and O–H groups in total. The maximum Gasteiger partial charge on any atom is 0.412 e. The van der Waals surface area contributed by atoms with E-state index < -0.39 is 0 Å². The molecule has 0 bridgehead atoms. The van der Waals surface area contributed by atoms with Crippen LogP contribution in [-0.4, -0.2) is 12.7 Å². The van der Waals surface area contributed by atoms with Crippen molar-refractivity contribution in [1.29, 1.82) is 0 Å². The van der Waals surface area contributed by atoms with Crippen molar-refractivity contribution < 1.29 is 9.53 Å². The van der Waals surface area contributed by atoms with E-state index in [0.717, 1.165) is 17.8 Å². The standard InChI is InChI=1S/C11H17NO2S/c1-2-3-4-5-8-14-11(13)12-10-7-6-9-15-10/h6-7,9H,2-5,8H2,1H3,(H,12,13). The third kappa shape index (κ3) is 5.42. The highest BCUT2D eigenvalue weighted by Crippen LogP contribution is 2.14. The summed E-state index contributed by atoms with van der Waals surface area (Å²) >= 11 is 1.49. The van der Waals surface area contributed by atoms with E-state index in [0.29, 0.717) is 6.61 Å². The lowest BCUT2D eigenvalue weighted by Crippen LogP contribution is -2.13. The molecule has 1 aromatic rings. The van der Waals surface area contributed by atoms with Crippen molar-refractivity contribution in [2.45, 2.75) is 32.6 Å². The summed E-state index contributed by atoms with van der Waals surface area (Å²) in [6.07, 6.45) is 4.13. The minimum absolute atomic E-state index is 0.353. The molecule has 1 aromatic heterocycles. The molecule has 0 fully saturated rings. The average Bonchev–Trinajstić information content (AvgIpc) is 2.70. The van der Waals surface area contributed by atoms with Crippen LogP contribution >= 0.6 is 11.3 Å². The van der Waals surface area contributed by atoms with Gasteiger partial charge in [0.1, 0.15) is 0 Å². The number of hydrogen-bond donors (Lipinski definition) is 1. The molecule has 0 aromatic carbocycles. The van der Waals surface area contributed by atoms with Gasteiger partial charge in [0, 0.05) is 0 Å². The Morgan fingerprint density at radius 1 is 1.47 bits per heavy atom. The summed E-state index contributed by atoms with van der Waals surface area (Å²) in [7, 11) is 0. The average molecular weight is 227 g/mol. The Morgan fingerprint density at radius 2 is 2.33 bits per heavy atom. The first kappa shape index (κ1) is 12.0. The van der Waals surface area contributed by atoms with Gasteiger partial charge in [-0.25, -0.2) is 4.79 Å². The second-order valence-electron chi connectivity index (χ2n) is 3.30. The highest BCUT2D eigenvalue weighted by molar-refractivity contribution is 7.14. The lowest BCUT2D eigenvalue weighted by molar-refractivity contribution is 0.159. The second kappa shape index (κ2) is 7.29. The van der Waals surface area contributed by atoms with Gasteiger partial charge in [0.2, 0.25) is 0 Å². The van der Waals surface area contributed by atoms with E-state index in [1.54, 1.807) is 0 Å². The fourth-order valence-corrected chi connectivity index (χ4v) is 1.78. The molecule has 0 unspecified atom stereocenters. The number of anilines is 1. The largest absolute Gasteiger partial charge is 0.449 e. The summed E-state index contributed by atoms with van der Waals surface area (Å²) in [5.74, 6) is 0. The summed E-state index contributed by atoms with van der Waals surface area (Å²) in [5.41, 5.74) is 0. The summed E-state index contributed by atoms with van der Waals surface area (Å²) in [6.45, 7) is 2.67. The summed E-state index contributed by atoms with van der Waals surface area (Å²) in [6, 6.07) is 3.74. The third-order valence-electron chi connectivity index (χ3n) is 1.98. The van der Waals surface area contributed by atoms with Crippen LogP contribution in [-0.2, 0) is 4.74 Å². The third-order valence-corrected chi connectivity index (χ3v) is 2.76. The molecule has 0 spiro atoms. The predicted molar refractivity (Wildman–Crippen MR) is 63.4 cm³/mol. The van der Waals surface area contributed by atoms with Crippen molar-refractivity contribution in [3.8, 4) is 0 Å². The zero-order valence-corrected chi connectivity index (χ0v) is 9.81. The molecule has 0 aliphatic carbocycles. The molecule has 84 valence electrons.